The highest BCUT2D eigenvalue weighted by Gasteiger charge is 2.23. The predicted octanol–water partition coefficient (Wildman–Crippen LogP) is 2.90. The Morgan fingerprint density at radius 2 is 2.09 bits per heavy atom. The van der Waals surface area contributed by atoms with Crippen molar-refractivity contribution in [3.8, 4) is 5.75 Å². The van der Waals surface area contributed by atoms with Crippen LogP contribution >= 0.6 is 11.6 Å². The van der Waals surface area contributed by atoms with Crippen LogP contribution in [0.2, 0.25) is 5.02 Å². The van der Waals surface area contributed by atoms with E-state index in [2.05, 4.69) is 12.2 Å². The van der Waals surface area contributed by atoms with Gasteiger partial charge in [0.05, 0.1) is 0 Å². The van der Waals surface area contributed by atoms with E-state index < -0.39 is 5.97 Å². The highest BCUT2D eigenvalue weighted by Crippen LogP contribution is 2.24. The zero-order chi connectivity index (χ0) is 16.1. The smallest absolute Gasteiger partial charge is 0.342 e. The van der Waals surface area contributed by atoms with Gasteiger partial charge >= 0.3 is 5.97 Å². The van der Waals surface area contributed by atoms with Gasteiger partial charge in [0, 0.05) is 11.1 Å². The fourth-order valence-electron chi connectivity index (χ4n) is 2.67. The Labute approximate surface area is 134 Å². The molecule has 120 valence electrons. The van der Waals surface area contributed by atoms with Crippen LogP contribution in [0.25, 0.3) is 0 Å². The third-order valence-corrected chi connectivity index (χ3v) is 4.21. The second-order valence-electron chi connectivity index (χ2n) is 5.67. The second kappa shape index (κ2) is 7.49. The minimum absolute atomic E-state index is 0.0109. The topological polar surface area (TPSA) is 75.6 Å². The van der Waals surface area contributed by atoms with Crippen molar-refractivity contribution in [2.24, 2.45) is 5.92 Å². The highest BCUT2D eigenvalue weighted by atomic mass is 35.5. The van der Waals surface area contributed by atoms with Gasteiger partial charge in [0.15, 0.2) is 6.61 Å². The Kier molecular flexibility index (Phi) is 5.66. The number of hydrogen-bond donors (Lipinski definition) is 2. The molecule has 1 aromatic carbocycles. The van der Waals surface area contributed by atoms with Crippen LogP contribution in [0.4, 0.5) is 0 Å². The van der Waals surface area contributed by atoms with Crippen LogP contribution < -0.4 is 5.32 Å². The van der Waals surface area contributed by atoms with Crippen LogP contribution in [0.15, 0.2) is 18.2 Å². The third-order valence-electron chi connectivity index (χ3n) is 3.97. The molecular weight excluding hydrogens is 306 g/mol. The normalized spacial score (nSPS) is 21.2. The van der Waals surface area contributed by atoms with Gasteiger partial charge in [0.25, 0.3) is 5.91 Å². The lowest BCUT2D eigenvalue weighted by Crippen LogP contribution is -2.42. The largest absolute Gasteiger partial charge is 0.507 e. The molecule has 1 saturated carbocycles. The van der Waals surface area contributed by atoms with Crippen LogP contribution in [-0.2, 0) is 9.53 Å². The number of carbonyl (C=O) groups is 2. The summed E-state index contributed by atoms with van der Waals surface area (Å²) >= 11 is 5.70. The fraction of sp³-hybridized carbons (Fsp3) is 0.500. The molecule has 22 heavy (non-hydrogen) atoms. The van der Waals surface area contributed by atoms with Crippen molar-refractivity contribution in [2.75, 3.05) is 6.61 Å². The molecule has 2 rings (SSSR count). The monoisotopic (exact) mass is 325 g/mol. The maximum absolute atomic E-state index is 11.9. The summed E-state index contributed by atoms with van der Waals surface area (Å²) in [6, 6.07) is 4.23. The summed E-state index contributed by atoms with van der Waals surface area (Å²) in [6.07, 6.45) is 4.36. The molecule has 1 fully saturated rings. The summed E-state index contributed by atoms with van der Waals surface area (Å²) in [7, 11) is 0. The number of nitrogens with one attached hydrogen (secondary N) is 1. The Balaban J connectivity index is 1.84. The zero-order valence-electron chi connectivity index (χ0n) is 12.5. The summed E-state index contributed by atoms with van der Waals surface area (Å²) in [5.41, 5.74) is -0.0109. The van der Waals surface area contributed by atoms with Crippen LogP contribution in [0, 0.1) is 5.92 Å². The first kappa shape index (κ1) is 16.6. The maximum Gasteiger partial charge on any atom is 0.342 e. The number of hydrogen-bond acceptors (Lipinski definition) is 4. The molecule has 1 aliphatic carbocycles. The fourth-order valence-corrected chi connectivity index (χ4v) is 2.83. The average Bonchev–Trinajstić information content (AvgIpc) is 2.47. The van der Waals surface area contributed by atoms with E-state index in [-0.39, 0.29) is 29.9 Å². The predicted molar refractivity (Wildman–Crippen MR) is 83.0 cm³/mol. The van der Waals surface area contributed by atoms with E-state index in [0.717, 1.165) is 19.3 Å². The van der Waals surface area contributed by atoms with Gasteiger partial charge in [-0.05, 0) is 37.0 Å². The number of aromatic hydroxyl groups is 1. The molecule has 2 atom stereocenters. The molecule has 0 unspecified atom stereocenters. The minimum Gasteiger partial charge on any atom is -0.507 e. The maximum atomic E-state index is 11.9. The lowest BCUT2D eigenvalue weighted by atomic mass is 9.86. The molecule has 0 saturated heterocycles. The van der Waals surface area contributed by atoms with Crippen molar-refractivity contribution in [2.45, 2.75) is 38.6 Å². The number of phenolic OH excluding ortho intramolecular Hbond substituents is 1. The molecule has 2 N–H and O–H groups in total. The average molecular weight is 326 g/mol. The lowest BCUT2D eigenvalue weighted by Gasteiger charge is -2.29. The number of rotatable bonds is 4. The van der Waals surface area contributed by atoms with Gasteiger partial charge in [-0.1, -0.05) is 31.4 Å². The molecule has 0 aliphatic heterocycles. The first-order valence-corrected chi connectivity index (χ1v) is 7.80. The summed E-state index contributed by atoms with van der Waals surface area (Å²) in [4.78, 5) is 23.7. The number of benzene rings is 1. The summed E-state index contributed by atoms with van der Waals surface area (Å²) in [6.45, 7) is 1.76. The second-order valence-corrected chi connectivity index (χ2v) is 6.11. The van der Waals surface area contributed by atoms with Gasteiger partial charge in [-0.25, -0.2) is 4.79 Å². The molecular formula is C16H20ClNO4. The highest BCUT2D eigenvalue weighted by molar-refractivity contribution is 6.30. The Morgan fingerprint density at radius 1 is 1.36 bits per heavy atom. The van der Waals surface area contributed by atoms with Crippen LogP contribution in [0.5, 0.6) is 5.75 Å². The minimum atomic E-state index is -0.749. The Morgan fingerprint density at radius 3 is 2.77 bits per heavy atom. The molecule has 1 aromatic rings. The number of carbonyl (C=O) groups excluding carboxylic acids is 2. The van der Waals surface area contributed by atoms with Crippen molar-refractivity contribution in [3.63, 3.8) is 0 Å². The van der Waals surface area contributed by atoms with Crippen molar-refractivity contribution in [1.82, 2.24) is 5.32 Å². The summed E-state index contributed by atoms with van der Waals surface area (Å²) in [5, 5.41) is 12.9. The quantitative estimate of drug-likeness (QED) is 0.835. The number of amides is 1. The lowest BCUT2D eigenvalue weighted by molar-refractivity contribution is -0.125. The van der Waals surface area contributed by atoms with Crippen molar-refractivity contribution >= 4 is 23.5 Å². The van der Waals surface area contributed by atoms with E-state index in [9.17, 15) is 14.7 Å². The van der Waals surface area contributed by atoms with E-state index >= 15 is 0 Å². The van der Waals surface area contributed by atoms with Crippen LogP contribution in [0.3, 0.4) is 0 Å². The molecule has 0 bridgehead atoms. The van der Waals surface area contributed by atoms with Gasteiger partial charge < -0.3 is 15.2 Å². The van der Waals surface area contributed by atoms with E-state index in [1.54, 1.807) is 0 Å². The third kappa shape index (κ3) is 4.37. The molecule has 6 heteroatoms. The first-order valence-electron chi connectivity index (χ1n) is 7.42. The van der Waals surface area contributed by atoms with E-state index in [1.165, 1.54) is 24.6 Å². The van der Waals surface area contributed by atoms with Gasteiger partial charge in [0.1, 0.15) is 11.3 Å². The molecule has 5 nitrogen and oxygen atoms in total. The van der Waals surface area contributed by atoms with E-state index in [1.807, 2.05) is 0 Å². The van der Waals surface area contributed by atoms with Gasteiger partial charge in [0.2, 0.25) is 0 Å². The van der Waals surface area contributed by atoms with Crippen molar-refractivity contribution in [1.29, 1.82) is 0 Å². The number of halogens is 1. The van der Waals surface area contributed by atoms with Crippen molar-refractivity contribution < 1.29 is 19.4 Å². The summed E-state index contributed by atoms with van der Waals surface area (Å²) in [5.74, 6) is -0.894. The molecule has 1 aliphatic rings. The van der Waals surface area contributed by atoms with E-state index in [4.69, 9.17) is 16.3 Å². The standard InChI is InChI=1S/C16H20ClNO4/c1-10-4-2-3-5-13(10)18-15(20)9-22-16(21)12-7-6-11(17)8-14(12)19/h6-8,10,13,19H,2-5,9H2,1H3,(H,18,20)/t10-,13+/m1/s1. The van der Waals surface area contributed by atoms with Crippen LogP contribution in [-0.4, -0.2) is 29.6 Å². The number of esters is 1. The number of phenols is 1. The molecule has 1 amide bonds. The van der Waals surface area contributed by atoms with Crippen LogP contribution in [0.1, 0.15) is 43.0 Å². The Bertz CT molecular complexity index is 561. The Hall–Kier alpha value is -1.75. The van der Waals surface area contributed by atoms with Crippen molar-refractivity contribution in [3.05, 3.63) is 28.8 Å². The number of ether oxygens (including phenoxy) is 1. The SMILES string of the molecule is C[C@@H]1CCCC[C@@H]1NC(=O)COC(=O)c1ccc(Cl)cc1O. The molecule has 0 spiro atoms. The summed E-state index contributed by atoms with van der Waals surface area (Å²) < 4.78 is 4.93. The van der Waals surface area contributed by atoms with Gasteiger partial charge in [-0.3, -0.25) is 4.79 Å². The van der Waals surface area contributed by atoms with Gasteiger partial charge in [-0.15, -0.1) is 0 Å². The van der Waals surface area contributed by atoms with E-state index in [0.29, 0.717) is 10.9 Å². The molecule has 0 heterocycles. The molecule has 0 radical (unpaired) electrons. The molecule has 0 aromatic heterocycles. The zero-order valence-corrected chi connectivity index (χ0v) is 13.2. The first-order chi connectivity index (χ1) is 10.5. The van der Waals surface area contributed by atoms with Gasteiger partial charge in [-0.2, -0.15) is 0 Å².